The SMILES string of the molecule is Cc1ccc(CN(C)[C@H](C)c2nc(C(C)C)no2)c(C)c1. The van der Waals surface area contributed by atoms with Gasteiger partial charge in [0.15, 0.2) is 5.82 Å². The highest BCUT2D eigenvalue weighted by molar-refractivity contribution is 5.30. The van der Waals surface area contributed by atoms with Crippen molar-refractivity contribution in [1.29, 1.82) is 0 Å². The Labute approximate surface area is 127 Å². The molecule has 0 saturated carbocycles. The van der Waals surface area contributed by atoms with Crippen LogP contribution in [0.1, 0.15) is 61.1 Å². The Morgan fingerprint density at radius 3 is 2.48 bits per heavy atom. The van der Waals surface area contributed by atoms with Crippen LogP contribution in [0.2, 0.25) is 0 Å². The molecule has 1 aromatic carbocycles. The van der Waals surface area contributed by atoms with Gasteiger partial charge in [0.1, 0.15) is 0 Å². The van der Waals surface area contributed by atoms with Gasteiger partial charge in [0.2, 0.25) is 5.89 Å². The highest BCUT2D eigenvalue weighted by atomic mass is 16.5. The number of aromatic nitrogens is 2. The smallest absolute Gasteiger partial charge is 0.243 e. The highest BCUT2D eigenvalue weighted by Gasteiger charge is 2.20. The van der Waals surface area contributed by atoms with Crippen molar-refractivity contribution in [3.63, 3.8) is 0 Å². The molecule has 0 aliphatic carbocycles. The van der Waals surface area contributed by atoms with Crippen LogP contribution in [0.15, 0.2) is 22.7 Å². The molecule has 4 nitrogen and oxygen atoms in total. The van der Waals surface area contributed by atoms with Gasteiger partial charge < -0.3 is 4.52 Å². The summed E-state index contributed by atoms with van der Waals surface area (Å²) < 4.78 is 5.39. The maximum Gasteiger partial charge on any atom is 0.243 e. The first kappa shape index (κ1) is 15.7. The van der Waals surface area contributed by atoms with Crippen LogP contribution in [0.25, 0.3) is 0 Å². The Morgan fingerprint density at radius 2 is 1.90 bits per heavy atom. The standard InChI is InChI=1S/C17H25N3O/c1-11(2)16-18-17(21-19-16)14(5)20(6)10-15-8-7-12(3)9-13(15)4/h7-9,11,14H,10H2,1-6H3/t14-/m1/s1. The van der Waals surface area contributed by atoms with Crippen molar-refractivity contribution in [2.45, 2.75) is 53.1 Å². The molecule has 2 aromatic rings. The third kappa shape index (κ3) is 3.70. The van der Waals surface area contributed by atoms with Gasteiger partial charge in [0.05, 0.1) is 6.04 Å². The van der Waals surface area contributed by atoms with Gasteiger partial charge in [-0.1, -0.05) is 42.8 Å². The zero-order valence-corrected chi connectivity index (χ0v) is 13.8. The second-order valence-electron chi connectivity index (χ2n) is 6.17. The molecule has 0 radical (unpaired) electrons. The predicted molar refractivity (Wildman–Crippen MR) is 84.2 cm³/mol. The van der Waals surface area contributed by atoms with Crippen LogP contribution in [0, 0.1) is 13.8 Å². The average Bonchev–Trinajstić information content (AvgIpc) is 2.90. The molecule has 2 rings (SSSR count). The molecular weight excluding hydrogens is 262 g/mol. The summed E-state index contributed by atoms with van der Waals surface area (Å²) in [7, 11) is 2.09. The van der Waals surface area contributed by atoms with Gasteiger partial charge in [-0.3, -0.25) is 4.90 Å². The lowest BCUT2D eigenvalue weighted by Crippen LogP contribution is -2.22. The summed E-state index contributed by atoms with van der Waals surface area (Å²) in [6, 6.07) is 6.67. The van der Waals surface area contributed by atoms with Gasteiger partial charge >= 0.3 is 0 Å². The van der Waals surface area contributed by atoms with E-state index in [1.807, 2.05) is 0 Å². The summed E-state index contributed by atoms with van der Waals surface area (Å²) in [6.07, 6.45) is 0. The molecule has 0 unspecified atom stereocenters. The minimum absolute atomic E-state index is 0.103. The number of benzene rings is 1. The van der Waals surface area contributed by atoms with Crippen LogP contribution < -0.4 is 0 Å². The van der Waals surface area contributed by atoms with E-state index in [0.717, 1.165) is 12.4 Å². The number of nitrogens with zero attached hydrogens (tertiary/aromatic N) is 3. The third-order valence-corrected chi connectivity index (χ3v) is 3.91. The first-order valence-electron chi connectivity index (χ1n) is 7.48. The van der Waals surface area contributed by atoms with Gasteiger partial charge in [-0.05, 0) is 38.9 Å². The van der Waals surface area contributed by atoms with Gasteiger partial charge in [0, 0.05) is 12.5 Å². The van der Waals surface area contributed by atoms with Crippen LogP contribution in [-0.2, 0) is 6.54 Å². The summed E-state index contributed by atoms with van der Waals surface area (Å²) in [6.45, 7) is 11.4. The van der Waals surface area contributed by atoms with Gasteiger partial charge in [-0.15, -0.1) is 0 Å². The summed E-state index contributed by atoms with van der Waals surface area (Å²) in [5.41, 5.74) is 3.95. The molecule has 21 heavy (non-hydrogen) atoms. The van der Waals surface area contributed by atoms with Crippen molar-refractivity contribution < 1.29 is 4.52 Å². The minimum Gasteiger partial charge on any atom is -0.338 e. The van der Waals surface area contributed by atoms with Crippen LogP contribution in [-0.4, -0.2) is 22.1 Å². The molecule has 0 amide bonds. The largest absolute Gasteiger partial charge is 0.338 e. The van der Waals surface area contributed by atoms with E-state index in [-0.39, 0.29) is 6.04 Å². The molecule has 1 aromatic heterocycles. The Bertz CT molecular complexity index is 604. The molecule has 0 fully saturated rings. The molecule has 0 saturated heterocycles. The van der Waals surface area contributed by atoms with Crippen molar-refractivity contribution in [1.82, 2.24) is 15.0 Å². The molecule has 114 valence electrons. The highest BCUT2D eigenvalue weighted by Crippen LogP contribution is 2.22. The number of hydrogen-bond donors (Lipinski definition) is 0. The van der Waals surface area contributed by atoms with Gasteiger partial charge in [0.25, 0.3) is 0 Å². The second-order valence-corrected chi connectivity index (χ2v) is 6.17. The lowest BCUT2D eigenvalue weighted by Gasteiger charge is -2.22. The van der Waals surface area contributed by atoms with E-state index in [1.54, 1.807) is 0 Å². The normalized spacial score (nSPS) is 13.1. The maximum absolute atomic E-state index is 5.39. The Balaban J connectivity index is 2.09. The van der Waals surface area contributed by atoms with Gasteiger partial charge in [-0.25, -0.2) is 0 Å². The Morgan fingerprint density at radius 1 is 1.19 bits per heavy atom. The molecule has 1 heterocycles. The quantitative estimate of drug-likeness (QED) is 0.833. The molecule has 0 spiro atoms. The molecule has 0 aliphatic heterocycles. The van der Waals surface area contributed by atoms with E-state index in [1.165, 1.54) is 16.7 Å². The van der Waals surface area contributed by atoms with E-state index in [2.05, 4.69) is 74.9 Å². The first-order chi connectivity index (χ1) is 9.88. The summed E-state index contributed by atoms with van der Waals surface area (Å²) >= 11 is 0. The van der Waals surface area contributed by atoms with Crippen LogP contribution in [0.3, 0.4) is 0 Å². The molecule has 4 heteroatoms. The van der Waals surface area contributed by atoms with Crippen molar-refractivity contribution >= 4 is 0 Å². The minimum atomic E-state index is 0.103. The maximum atomic E-state index is 5.39. The fraction of sp³-hybridized carbons (Fsp3) is 0.529. The van der Waals surface area contributed by atoms with Crippen molar-refractivity contribution in [2.24, 2.45) is 0 Å². The monoisotopic (exact) mass is 287 g/mol. The molecule has 0 N–H and O–H groups in total. The first-order valence-corrected chi connectivity index (χ1v) is 7.48. The molecule has 1 atom stereocenters. The third-order valence-electron chi connectivity index (χ3n) is 3.91. The molecular formula is C17H25N3O. The average molecular weight is 287 g/mol. The lowest BCUT2D eigenvalue weighted by molar-refractivity contribution is 0.202. The van der Waals surface area contributed by atoms with E-state index < -0.39 is 0 Å². The fourth-order valence-electron chi connectivity index (χ4n) is 2.27. The Kier molecular flexibility index (Phi) is 4.78. The summed E-state index contributed by atoms with van der Waals surface area (Å²) in [5.74, 6) is 1.75. The van der Waals surface area contributed by atoms with Crippen LogP contribution in [0.5, 0.6) is 0 Å². The zero-order valence-electron chi connectivity index (χ0n) is 13.8. The summed E-state index contributed by atoms with van der Waals surface area (Å²) in [4.78, 5) is 6.72. The number of aryl methyl sites for hydroxylation is 2. The van der Waals surface area contributed by atoms with Crippen LogP contribution in [0.4, 0.5) is 0 Å². The number of rotatable bonds is 5. The summed E-state index contributed by atoms with van der Waals surface area (Å²) in [5, 5.41) is 4.04. The predicted octanol–water partition coefficient (Wildman–Crippen LogP) is 4.00. The zero-order chi connectivity index (χ0) is 15.6. The Hall–Kier alpha value is -1.68. The van der Waals surface area contributed by atoms with Gasteiger partial charge in [-0.2, -0.15) is 4.98 Å². The van der Waals surface area contributed by atoms with E-state index in [9.17, 15) is 0 Å². The van der Waals surface area contributed by atoms with E-state index in [4.69, 9.17) is 4.52 Å². The lowest BCUT2D eigenvalue weighted by atomic mass is 10.0. The molecule has 0 bridgehead atoms. The van der Waals surface area contributed by atoms with E-state index >= 15 is 0 Å². The fourth-order valence-corrected chi connectivity index (χ4v) is 2.27. The molecule has 0 aliphatic rings. The van der Waals surface area contributed by atoms with Crippen molar-refractivity contribution in [3.8, 4) is 0 Å². The van der Waals surface area contributed by atoms with Crippen LogP contribution >= 0.6 is 0 Å². The number of hydrogen-bond acceptors (Lipinski definition) is 4. The van der Waals surface area contributed by atoms with E-state index in [0.29, 0.717) is 11.8 Å². The second kappa shape index (κ2) is 6.39. The van der Waals surface area contributed by atoms with Crippen molar-refractivity contribution in [3.05, 3.63) is 46.6 Å². The topological polar surface area (TPSA) is 42.2 Å². The van der Waals surface area contributed by atoms with Crippen molar-refractivity contribution in [2.75, 3.05) is 7.05 Å².